The van der Waals surface area contributed by atoms with Crippen LogP contribution in [0.4, 0.5) is 0 Å². The molecule has 0 unspecified atom stereocenters. The Kier molecular flexibility index (Phi) is 6.23. The molecule has 0 spiro atoms. The van der Waals surface area contributed by atoms with E-state index >= 15 is 0 Å². The van der Waals surface area contributed by atoms with Gasteiger partial charge in [-0.2, -0.15) is 0 Å². The van der Waals surface area contributed by atoms with Crippen molar-refractivity contribution in [2.24, 2.45) is 0 Å². The molecule has 1 aromatic heterocycles. The molecule has 2 aromatic carbocycles. The predicted molar refractivity (Wildman–Crippen MR) is 122 cm³/mol. The molecule has 1 atom stereocenters. The van der Waals surface area contributed by atoms with Crippen LogP contribution in [-0.4, -0.2) is 35.5 Å². The second-order valence-corrected chi connectivity index (χ2v) is 8.90. The predicted octanol–water partition coefficient (Wildman–Crippen LogP) is 4.91. The highest BCUT2D eigenvalue weighted by molar-refractivity contribution is 8.00. The van der Waals surface area contributed by atoms with E-state index in [2.05, 4.69) is 35.0 Å². The molecular weight excluding hydrogens is 396 g/mol. The van der Waals surface area contributed by atoms with Crippen LogP contribution < -0.4 is 14.8 Å². The highest BCUT2D eigenvalue weighted by Crippen LogP contribution is 2.38. The minimum atomic E-state index is -0.0211. The van der Waals surface area contributed by atoms with E-state index in [-0.39, 0.29) is 5.91 Å². The Labute approximate surface area is 181 Å². The molecule has 6 heteroatoms. The molecule has 5 nitrogen and oxygen atoms in total. The first-order chi connectivity index (χ1) is 14.6. The summed E-state index contributed by atoms with van der Waals surface area (Å²) in [5.41, 5.74) is 3.03. The van der Waals surface area contributed by atoms with Gasteiger partial charge >= 0.3 is 0 Å². The molecule has 2 heterocycles. The average molecular weight is 425 g/mol. The van der Waals surface area contributed by atoms with E-state index in [0.717, 1.165) is 41.1 Å². The molecule has 1 N–H and O–H groups in total. The fourth-order valence-electron chi connectivity index (χ4n) is 3.94. The second-order valence-electron chi connectivity index (χ2n) is 7.42. The number of rotatable bonds is 8. The molecule has 3 aromatic rings. The Morgan fingerprint density at radius 3 is 2.73 bits per heavy atom. The van der Waals surface area contributed by atoms with Crippen LogP contribution in [0.5, 0.6) is 11.5 Å². The Morgan fingerprint density at radius 2 is 1.93 bits per heavy atom. The summed E-state index contributed by atoms with van der Waals surface area (Å²) in [6.07, 6.45) is 0.732. The first-order valence-corrected chi connectivity index (χ1v) is 11.4. The SMILES string of the molecule is CCOc1ccc(CCNC(=O)c2cc3cccc4c3n2C[C@@H](C)S4)cc1OCC. The zero-order valence-electron chi connectivity index (χ0n) is 17.7. The highest BCUT2D eigenvalue weighted by Gasteiger charge is 2.23. The van der Waals surface area contributed by atoms with Crippen molar-refractivity contribution in [3.63, 3.8) is 0 Å². The quantitative estimate of drug-likeness (QED) is 0.558. The van der Waals surface area contributed by atoms with Crippen LogP contribution in [0.25, 0.3) is 10.9 Å². The number of benzene rings is 2. The van der Waals surface area contributed by atoms with Gasteiger partial charge in [0.1, 0.15) is 5.69 Å². The Balaban J connectivity index is 1.46. The number of nitrogens with zero attached hydrogens (tertiary/aromatic N) is 1. The Hall–Kier alpha value is -2.60. The number of carbonyl (C=O) groups is 1. The largest absolute Gasteiger partial charge is 0.490 e. The second kappa shape index (κ2) is 9.04. The summed E-state index contributed by atoms with van der Waals surface area (Å²) in [4.78, 5) is 14.2. The summed E-state index contributed by atoms with van der Waals surface area (Å²) in [7, 11) is 0. The van der Waals surface area contributed by atoms with E-state index in [9.17, 15) is 4.79 Å². The molecule has 30 heavy (non-hydrogen) atoms. The van der Waals surface area contributed by atoms with E-state index < -0.39 is 0 Å². The van der Waals surface area contributed by atoms with E-state index in [4.69, 9.17) is 9.47 Å². The normalized spacial score (nSPS) is 15.2. The number of amides is 1. The smallest absolute Gasteiger partial charge is 0.267 e. The number of hydrogen-bond acceptors (Lipinski definition) is 4. The van der Waals surface area contributed by atoms with Crippen molar-refractivity contribution in [1.82, 2.24) is 9.88 Å². The van der Waals surface area contributed by atoms with Gasteiger partial charge in [-0.1, -0.05) is 25.1 Å². The number of para-hydroxylation sites is 1. The summed E-state index contributed by atoms with van der Waals surface area (Å²) in [5.74, 6) is 1.49. The lowest BCUT2D eigenvalue weighted by molar-refractivity contribution is 0.0945. The molecule has 4 rings (SSSR count). The van der Waals surface area contributed by atoms with Gasteiger partial charge in [-0.05, 0) is 50.1 Å². The fourth-order valence-corrected chi connectivity index (χ4v) is 5.09. The number of thioether (sulfide) groups is 1. The standard InChI is InChI=1S/C24H28N2O3S/c1-4-28-20-10-9-17(13-21(20)29-5-2)11-12-25-24(27)19-14-18-7-6-8-22-23(18)26(19)15-16(3)30-22/h6-10,13-14,16H,4-5,11-12,15H2,1-3H3,(H,25,27)/t16-/m1/s1. The van der Waals surface area contributed by atoms with Crippen molar-refractivity contribution in [1.29, 1.82) is 0 Å². The van der Waals surface area contributed by atoms with Gasteiger partial charge in [-0.3, -0.25) is 4.79 Å². The van der Waals surface area contributed by atoms with E-state index in [0.29, 0.717) is 25.0 Å². The third-order valence-corrected chi connectivity index (χ3v) is 6.33. The molecule has 0 aliphatic carbocycles. The minimum Gasteiger partial charge on any atom is -0.490 e. The molecule has 0 saturated carbocycles. The van der Waals surface area contributed by atoms with Crippen LogP contribution in [0.3, 0.4) is 0 Å². The average Bonchev–Trinajstić information content (AvgIpc) is 3.10. The van der Waals surface area contributed by atoms with Crippen molar-refractivity contribution in [3.05, 3.63) is 53.7 Å². The highest BCUT2D eigenvalue weighted by atomic mass is 32.2. The third-order valence-electron chi connectivity index (χ3n) is 5.19. The lowest BCUT2D eigenvalue weighted by atomic mass is 10.1. The number of aromatic nitrogens is 1. The maximum Gasteiger partial charge on any atom is 0.267 e. The van der Waals surface area contributed by atoms with Gasteiger partial charge in [-0.15, -0.1) is 11.8 Å². The Bertz CT molecular complexity index is 1060. The first kappa shape index (κ1) is 20.7. The van der Waals surface area contributed by atoms with Crippen molar-refractivity contribution < 1.29 is 14.3 Å². The summed E-state index contributed by atoms with van der Waals surface area (Å²) in [5, 5.41) is 4.67. The zero-order valence-corrected chi connectivity index (χ0v) is 18.6. The summed E-state index contributed by atoms with van der Waals surface area (Å²) < 4.78 is 13.5. The molecule has 0 fully saturated rings. The lowest BCUT2D eigenvalue weighted by Gasteiger charge is -2.22. The number of carbonyl (C=O) groups excluding carboxylic acids is 1. The van der Waals surface area contributed by atoms with E-state index in [1.54, 1.807) is 0 Å². The third kappa shape index (κ3) is 4.15. The number of nitrogens with one attached hydrogen (secondary N) is 1. The monoisotopic (exact) mass is 424 g/mol. The van der Waals surface area contributed by atoms with Crippen molar-refractivity contribution in [2.45, 2.75) is 43.9 Å². The molecule has 0 bridgehead atoms. The molecule has 0 radical (unpaired) electrons. The summed E-state index contributed by atoms with van der Waals surface area (Å²) >= 11 is 1.88. The summed E-state index contributed by atoms with van der Waals surface area (Å²) in [6, 6.07) is 14.3. The molecule has 158 valence electrons. The van der Waals surface area contributed by atoms with Crippen molar-refractivity contribution in [2.75, 3.05) is 19.8 Å². The van der Waals surface area contributed by atoms with Gasteiger partial charge in [0.15, 0.2) is 11.5 Å². The van der Waals surface area contributed by atoms with Crippen LogP contribution in [0.15, 0.2) is 47.4 Å². The van der Waals surface area contributed by atoms with E-state index in [1.165, 1.54) is 10.4 Å². The van der Waals surface area contributed by atoms with Crippen molar-refractivity contribution >= 4 is 28.6 Å². The first-order valence-electron chi connectivity index (χ1n) is 10.6. The van der Waals surface area contributed by atoms with Gasteiger partial charge in [0.05, 0.1) is 18.7 Å². The van der Waals surface area contributed by atoms with Gasteiger partial charge in [-0.25, -0.2) is 0 Å². The maximum atomic E-state index is 13.0. The molecule has 1 amide bonds. The number of hydrogen-bond donors (Lipinski definition) is 1. The Morgan fingerprint density at radius 1 is 1.13 bits per heavy atom. The van der Waals surface area contributed by atoms with Gasteiger partial charge < -0.3 is 19.4 Å². The van der Waals surface area contributed by atoms with Crippen LogP contribution in [0, 0.1) is 0 Å². The molecule has 1 aliphatic heterocycles. The van der Waals surface area contributed by atoms with Gasteiger partial charge in [0.25, 0.3) is 5.91 Å². The molecule has 0 saturated heterocycles. The van der Waals surface area contributed by atoms with Crippen LogP contribution in [0.1, 0.15) is 36.8 Å². The topological polar surface area (TPSA) is 52.5 Å². The van der Waals surface area contributed by atoms with E-state index in [1.807, 2.05) is 49.9 Å². The minimum absolute atomic E-state index is 0.0211. The van der Waals surface area contributed by atoms with Gasteiger partial charge in [0.2, 0.25) is 0 Å². The zero-order chi connectivity index (χ0) is 21.1. The molecule has 1 aliphatic rings. The van der Waals surface area contributed by atoms with Crippen LogP contribution >= 0.6 is 11.8 Å². The summed E-state index contributed by atoms with van der Waals surface area (Å²) in [6.45, 7) is 8.73. The van der Waals surface area contributed by atoms with Crippen LogP contribution in [-0.2, 0) is 13.0 Å². The molecular formula is C24H28N2O3S. The number of ether oxygens (including phenoxy) is 2. The van der Waals surface area contributed by atoms with Crippen molar-refractivity contribution in [3.8, 4) is 11.5 Å². The van der Waals surface area contributed by atoms with Gasteiger partial charge in [0, 0.05) is 28.6 Å². The maximum absolute atomic E-state index is 13.0. The van der Waals surface area contributed by atoms with Crippen LogP contribution in [0.2, 0.25) is 0 Å². The lowest BCUT2D eigenvalue weighted by Crippen LogP contribution is -2.29. The fraction of sp³-hybridized carbons (Fsp3) is 0.375.